The normalized spacial score (nSPS) is 30.4. The fourth-order valence-electron chi connectivity index (χ4n) is 2.56. The van der Waals surface area contributed by atoms with Gasteiger partial charge in [-0.2, -0.15) is 0 Å². The predicted molar refractivity (Wildman–Crippen MR) is 65.0 cm³/mol. The van der Waals surface area contributed by atoms with Crippen molar-refractivity contribution in [3.05, 3.63) is 0 Å². The quantitative estimate of drug-likeness (QED) is 0.751. The van der Waals surface area contributed by atoms with E-state index in [1.807, 2.05) is 6.92 Å². The SMILES string of the molecule is CCOC(=O)CC1(N)CCC(C(C)C)CC1. The Balaban J connectivity index is 2.40. The Morgan fingerprint density at radius 1 is 1.44 bits per heavy atom. The third-order valence-corrected chi connectivity index (χ3v) is 3.77. The molecule has 1 rings (SSSR count). The number of hydrogen-bond donors (Lipinski definition) is 1. The van der Waals surface area contributed by atoms with Gasteiger partial charge in [-0.05, 0) is 44.4 Å². The molecule has 1 aliphatic rings. The summed E-state index contributed by atoms with van der Waals surface area (Å²) in [4.78, 5) is 11.4. The van der Waals surface area contributed by atoms with Gasteiger partial charge in [0.2, 0.25) is 0 Å². The van der Waals surface area contributed by atoms with Crippen molar-refractivity contribution in [2.45, 2.75) is 58.4 Å². The van der Waals surface area contributed by atoms with Gasteiger partial charge in [-0.3, -0.25) is 4.79 Å². The van der Waals surface area contributed by atoms with Crippen molar-refractivity contribution in [3.63, 3.8) is 0 Å². The van der Waals surface area contributed by atoms with E-state index < -0.39 is 0 Å². The molecule has 1 saturated carbocycles. The van der Waals surface area contributed by atoms with Crippen LogP contribution in [0.25, 0.3) is 0 Å². The standard InChI is InChI=1S/C13H25NO2/c1-4-16-12(15)9-13(14)7-5-11(6-8-13)10(2)3/h10-11H,4-9,14H2,1-3H3. The monoisotopic (exact) mass is 227 g/mol. The van der Waals surface area contributed by atoms with E-state index in [-0.39, 0.29) is 11.5 Å². The summed E-state index contributed by atoms with van der Waals surface area (Å²) in [6, 6.07) is 0. The Labute approximate surface area is 98.7 Å². The van der Waals surface area contributed by atoms with Crippen molar-refractivity contribution in [2.24, 2.45) is 17.6 Å². The van der Waals surface area contributed by atoms with E-state index in [1.165, 1.54) is 0 Å². The predicted octanol–water partition coefficient (Wildman–Crippen LogP) is 2.48. The largest absolute Gasteiger partial charge is 0.466 e. The van der Waals surface area contributed by atoms with Crippen molar-refractivity contribution < 1.29 is 9.53 Å². The smallest absolute Gasteiger partial charge is 0.307 e. The first-order valence-electron chi connectivity index (χ1n) is 6.41. The molecule has 0 unspecified atom stereocenters. The van der Waals surface area contributed by atoms with Gasteiger partial charge in [0, 0.05) is 5.54 Å². The van der Waals surface area contributed by atoms with Crippen molar-refractivity contribution in [2.75, 3.05) is 6.61 Å². The number of carbonyl (C=O) groups is 1. The van der Waals surface area contributed by atoms with Gasteiger partial charge in [0.25, 0.3) is 0 Å². The molecule has 0 spiro atoms. The Morgan fingerprint density at radius 3 is 2.44 bits per heavy atom. The highest BCUT2D eigenvalue weighted by Crippen LogP contribution is 2.36. The van der Waals surface area contributed by atoms with Crippen LogP contribution in [0.3, 0.4) is 0 Å². The molecule has 0 amide bonds. The van der Waals surface area contributed by atoms with Crippen LogP contribution >= 0.6 is 0 Å². The van der Waals surface area contributed by atoms with Gasteiger partial charge >= 0.3 is 5.97 Å². The minimum absolute atomic E-state index is 0.145. The highest BCUT2D eigenvalue weighted by atomic mass is 16.5. The summed E-state index contributed by atoms with van der Waals surface area (Å²) in [5.41, 5.74) is 5.94. The summed E-state index contributed by atoms with van der Waals surface area (Å²) in [6.07, 6.45) is 4.58. The number of rotatable bonds is 4. The molecule has 0 saturated heterocycles. The highest BCUT2D eigenvalue weighted by Gasteiger charge is 2.34. The Hall–Kier alpha value is -0.570. The molecule has 1 aliphatic carbocycles. The second kappa shape index (κ2) is 5.67. The lowest BCUT2D eigenvalue weighted by Crippen LogP contribution is -2.45. The van der Waals surface area contributed by atoms with Gasteiger partial charge < -0.3 is 10.5 Å². The van der Waals surface area contributed by atoms with Crippen LogP contribution in [0.2, 0.25) is 0 Å². The topological polar surface area (TPSA) is 52.3 Å². The molecular weight excluding hydrogens is 202 g/mol. The van der Waals surface area contributed by atoms with Crippen LogP contribution in [-0.2, 0) is 9.53 Å². The van der Waals surface area contributed by atoms with Crippen LogP contribution in [0.4, 0.5) is 0 Å². The summed E-state index contributed by atoms with van der Waals surface area (Å²) in [6.45, 7) is 6.80. The van der Waals surface area contributed by atoms with Crippen molar-refractivity contribution in [1.29, 1.82) is 0 Å². The molecule has 3 nitrogen and oxygen atoms in total. The third kappa shape index (κ3) is 3.78. The molecule has 1 fully saturated rings. The van der Waals surface area contributed by atoms with Gasteiger partial charge in [-0.1, -0.05) is 13.8 Å². The third-order valence-electron chi connectivity index (χ3n) is 3.77. The van der Waals surface area contributed by atoms with Crippen LogP contribution in [0, 0.1) is 11.8 Å². The van der Waals surface area contributed by atoms with Crippen molar-refractivity contribution >= 4 is 5.97 Å². The number of nitrogens with two attached hydrogens (primary N) is 1. The van der Waals surface area contributed by atoms with Crippen LogP contribution in [0.1, 0.15) is 52.9 Å². The molecule has 94 valence electrons. The average molecular weight is 227 g/mol. The molecule has 0 radical (unpaired) electrons. The number of carbonyl (C=O) groups excluding carboxylic acids is 1. The van der Waals surface area contributed by atoms with Gasteiger partial charge in [0.05, 0.1) is 13.0 Å². The maximum Gasteiger partial charge on any atom is 0.307 e. The zero-order chi connectivity index (χ0) is 12.2. The molecule has 0 atom stereocenters. The fourth-order valence-corrected chi connectivity index (χ4v) is 2.56. The van der Waals surface area contributed by atoms with E-state index in [0.717, 1.165) is 37.5 Å². The van der Waals surface area contributed by atoms with E-state index >= 15 is 0 Å². The van der Waals surface area contributed by atoms with Gasteiger partial charge in [-0.25, -0.2) is 0 Å². The molecule has 16 heavy (non-hydrogen) atoms. The fraction of sp³-hybridized carbons (Fsp3) is 0.923. The summed E-state index contributed by atoms with van der Waals surface area (Å²) < 4.78 is 4.97. The van der Waals surface area contributed by atoms with Crippen LogP contribution in [0.5, 0.6) is 0 Å². The lowest BCUT2D eigenvalue weighted by Gasteiger charge is -2.38. The molecule has 0 heterocycles. The summed E-state index contributed by atoms with van der Waals surface area (Å²) in [5, 5.41) is 0. The van der Waals surface area contributed by atoms with Crippen LogP contribution < -0.4 is 5.73 Å². The van der Waals surface area contributed by atoms with Crippen molar-refractivity contribution in [1.82, 2.24) is 0 Å². The van der Waals surface area contributed by atoms with E-state index in [0.29, 0.717) is 13.0 Å². The van der Waals surface area contributed by atoms with Gasteiger partial charge in [-0.15, -0.1) is 0 Å². The van der Waals surface area contributed by atoms with E-state index in [9.17, 15) is 4.79 Å². The number of hydrogen-bond acceptors (Lipinski definition) is 3. The van der Waals surface area contributed by atoms with Gasteiger partial charge in [0.15, 0.2) is 0 Å². The molecule has 0 aliphatic heterocycles. The molecule has 0 aromatic rings. The first-order valence-corrected chi connectivity index (χ1v) is 6.41. The summed E-state index contributed by atoms with van der Waals surface area (Å²) in [7, 11) is 0. The molecule has 0 aromatic carbocycles. The highest BCUT2D eigenvalue weighted by molar-refractivity contribution is 5.70. The second-order valence-electron chi connectivity index (χ2n) is 5.43. The summed E-state index contributed by atoms with van der Waals surface area (Å²) in [5.74, 6) is 1.36. The Morgan fingerprint density at radius 2 is 2.00 bits per heavy atom. The maximum absolute atomic E-state index is 11.4. The lowest BCUT2D eigenvalue weighted by atomic mass is 9.72. The lowest BCUT2D eigenvalue weighted by molar-refractivity contribution is -0.145. The minimum Gasteiger partial charge on any atom is -0.466 e. The molecule has 0 bridgehead atoms. The molecular formula is C13H25NO2. The van der Waals surface area contributed by atoms with E-state index in [2.05, 4.69) is 13.8 Å². The van der Waals surface area contributed by atoms with Crippen molar-refractivity contribution in [3.8, 4) is 0 Å². The molecule has 2 N–H and O–H groups in total. The zero-order valence-electron chi connectivity index (χ0n) is 10.8. The average Bonchev–Trinajstić information content (AvgIpc) is 2.17. The van der Waals surface area contributed by atoms with Crippen LogP contribution in [0.15, 0.2) is 0 Å². The second-order valence-corrected chi connectivity index (χ2v) is 5.43. The van der Waals surface area contributed by atoms with E-state index in [1.54, 1.807) is 0 Å². The molecule has 3 heteroatoms. The molecule has 0 aromatic heterocycles. The van der Waals surface area contributed by atoms with Gasteiger partial charge in [0.1, 0.15) is 0 Å². The number of esters is 1. The van der Waals surface area contributed by atoms with E-state index in [4.69, 9.17) is 10.5 Å². The Kier molecular flexibility index (Phi) is 4.78. The van der Waals surface area contributed by atoms with Crippen LogP contribution in [-0.4, -0.2) is 18.1 Å². The number of ether oxygens (including phenoxy) is 1. The zero-order valence-corrected chi connectivity index (χ0v) is 10.8. The first-order chi connectivity index (χ1) is 7.47. The Bertz CT molecular complexity index is 230. The first kappa shape index (κ1) is 13.5. The minimum atomic E-state index is -0.308. The maximum atomic E-state index is 11.4. The summed E-state index contributed by atoms with van der Waals surface area (Å²) >= 11 is 0.